The van der Waals surface area contributed by atoms with Crippen LogP contribution in [0.3, 0.4) is 0 Å². The second-order valence-electron chi connectivity index (χ2n) is 18.2. The van der Waals surface area contributed by atoms with Gasteiger partial charge in [0.1, 0.15) is 30.7 Å². The first-order valence-electron chi connectivity index (χ1n) is 25.0. The summed E-state index contributed by atoms with van der Waals surface area (Å²) >= 11 is 0. The summed E-state index contributed by atoms with van der Waals surface area (Å²) in [7, 11) is -10.9. The first-order chi connectivity index (χ1) is 33.0. The number of nitrogens with two attached hydrogens (primary N) is 1. The van der Waals surface area contributed by atoms with Crippen molar-refractivity contribution in [1.29, 1.82) is 0 Å². The zero-order valence-electron chi connectivity index (χ0n) is 41.0. The zero-order chi connectivity index (χ0) is 50.5. The van der Waals surface area contributed by atoms with Gasteiger partial charge in [-0.05, 0) is 63.4 Å². The number of unbranched alkanes of at least 4 members (excludes halogenated alkanes) is 12. The molecule has 1 aromatic heterocycles. The fourth-order valence-corrected chi connectivity index (χ4v) is 9.69. The summed E-state index contributed by atoms with van der Waals surface area (Å²) in [6, 6.07) is 1.24. The molecule has 0 radical (unpaired) electrons. The van der Waals surface area contributed by atoms with Gasteiger partial charge in [-0.2, -0.15) is 9.29 Å². The van der Waals surface area contributed by atoms with Gasteiger partial charge >= 0.3 is 33.3 Å². The lowest BCUT2D eigenvalue weighted by molar-refractivity contribution is -0.161. The predicted molar refractivity (Wildman–Crippen MR) is 260 cm³/mol. The maximum atomic E-state index is 12.9. The number of hydrogen-bond donors (Lipinski definition) is 5. The molecule has 21 heteroatoms. The summed E-state index contributed by atoms with van der Waals surface area (Å²) in [5, 5.41) is 20.9. The average molecular weight is 1020 g/mol. The van der Waals surface area contributed by atoms with E-state index in [2.05, 4.69) is 66.5 Å². The van der Waals surface area contributed by atoms with Crippen LogP contribution >= 0.6 is 15.6 Å². The molecule has 2 saturated heterocycles. The van der Waals surface area contributed by atoms with E-state index in [0.29, 0.717) is 19.3 Å². The van der Waals surface area contributed by atoms with Crippen molar-refractivity contribution >= 4 is 33.4 Å². The molecule has 3 heterocycles. The van der Waals surface area contributed by atoms with E-state index < -0.39 is 83.7 Å². The second kappa shape index (κ2) is 33.6. The number of esters is 2. The zero-order valence-corrected chi connectivity index (χ0v) is 42.8. The van der Waals surface area contributed by atoms with Crippen LogP contribution in [0, 0.1) is 5.92 Å². The normalized spacial score (nSPS) is 22.7. The molecule has 69 heavy (non-hydrogen) atoms. The molecule has 3 rings (SSSR count). The molecule has 6 N–H and O–H groups in total. The summed E-state index contributed by atoms with van der Waals surface area (Å²) in [6.07, 6.45) is 26.9. The minimum absolute atomic E-state index is 0.0324. The van der Waals surface area contributed by atoms with E-state index >= 15 is 0 Å². The molecule has 4 unspecified atom stereocenters. The first-order valence-corrected chi connectivity index (χ1v) is 28.0. The Morgan fingerprint density at radius 3 is 2.06 bits per heavy atom. The Bertz CT molecular complexity index is 1880. The largest absolute Gasteiger partial charge is 0.481 e. The highest BCUT2D eigenvalue weighted by molar-refractivity contribution is 7.61. The van der Waals surface area contributed by atoms with Crippen LogP contribution in [-0.2, 0) is 51.0 Å². The number of phosphoric acid groups is 2. The molecule has 0 aromatic carbocycles. The Morgan fingerprint density at radius 2 is 1.39 bits per heavy atom. The topological polar surface area (TPSA) is 278 Å². The van der Waals surface area contributed by atoms with E-state index in [9.17, 15) is 43.5 Å². The standard InChI is InChI=1S/C48H81N3O16P2/c1-4-5-6-7-8-9-10-11-15-18-21-24-28-39-40(65-39)29-26-31-43(52)61-34-38(64-44(53)30-25-22-19-16-13-12-14-17-20-23-27-37(2)3)35-62-68(57,58)67-69(59,60)63-36-41-45(54)46(55)47(66-41)51-33-32-42(49)50-48(51)56/h8-9,11,15,21,24,32-33,37-41,45-47,54-55H,4-7,10,12-14,16-20,22-23,25-31,34-36H2,1-3H3,(H,57,58)(H,59,60)(H2,49,50,56)/b9-8-,15-11-,24-21-/t38-,39?,40?,41-,45-,46-,47-/m1/s1. The van der Waals surface area contributed by atoms with Crippen LogP contribution < -0.4 is 11.4 Å². The van der Waals surface area contributed by atoms with Crippen LogP contribution in [0.2, 0.25) is 0 Å². The lowest BCUT2D eigenvalue weighted by atomic mass is 10.0. The third-order valence-electron chi connectivity index (χ3n) is 11.6. The van der Waals surface area contributed by atoms with Crippen molar-refractivity contribution in [2.75, 3.05) is 25.6 Å². The quantitative estimate of drug-likeness (QED) is 0.0135. The monoisotopic (exact) mass is 1020 g/mol. The minimum Gasteiger partial charge on any atom is -0.462 e. The number of phosphoric ester groups is 2. The number of nitrogens with zero attached hydrogens (tertiary/aromatic N) is 2. The SMILES string of the molecule is CCCCC/C=C\C/C=C\C/C=C\CC1OC1CCCC(=O)OC[C@H](COP(=O)(O)OP(=O)(O)OC[C@H]1O[C@@H](n2ccc(N)nc2=O)[C@H](O)[C@@H]1O)OC(=O)CCCCCCCCCCCCC(C)C. The number of aliphatic hydroxyl groups excluding tert-OH is 2. The van der Waals surface area contributed by atoms with E-state index in [1.54, 1.807) is 0 Å². The number of nitrogen functional groups attached to an aromatic ring is 1. The number of aromatic nitrogens is 2. The maximum Gasteiger partial charge on any atom is 0.481 e. The third kappa shape index (κ3) is 26.8. The summed E-state index contributed by atoms with van der Waals surface area (Å²) in [4.78, 5) is 62.0. The minimum atomic E-state index is -5.44. The molecule has 0 aliphatic carbocycles. The Labute approximate surface area is 408 Å². The van der Waals surface area contributed by atoms with Crippen LogP contribution in [-0.4, -0.2) is 97.9 Å². The van der Waals surface area contributed by atoms with Gasteiger partial charge in [-0.1, -0.05) is 134 Å². The summed E-state index contributed by atoms with van der Waals surface area (Å²) in [5.74, 6) is -0.632. The Kier molecular flexibility index (Phi) is 29.3. The highest BCUT2D eigenvalue weighted by atomic mass is 31.3. The van der Waals surface area contributed by atoms with Gasteiger partial charge in [0.2, 0.25) is 0 Å². The van der Waals surface area contributed by atoms with Gasteiger partial charge in [-0.15, -0.1) is 0 Å². The second-order valence-corrected chi connectivity index (χ2v) is 21.2. The van der Waals surface area contributed by atoms with Crippen molar-refractivity contribution in [3.8, 4) is 0 Å². The fraction of sp³-hybridized carbons (Fsp3) is 0.750. The number of aliphatic hydroxyl groups is 2. The van der Waals surface area contributed by atoms with Gasteiger partial charge in [0, 0.05) is 19.0 Å². The van der Waals surface area contributed by atoms with Crippen LogP contribution in [0.4, 0.5) is 5.82 Å². The average Bonchev–Trinajstić information content (AvgIpc) is 3.98. The summed E-state index contributed by atoms with van der Waals surface area (Å²) in [6.45, 7) is 4.33. The first kappa shape index (κ1) is 60.2. The Morgan fingerprint density at radius 1 is 0.768 bits per heavy atom. The third-order valence-corrected chi connectivity index (χ3v) is 14.2. The lowest BCUT2D eigenvalue weighted by Gasteiger charge is -2.21. The van der Waals surface area contributed by atoms with Crippen LogP contribution in [0.1, 0.15) is 168 Å². The number of allylic oxidation sites excluding steroid dienone is 5. The molecule has 0 bridgehead atoms. The maximum absolute atomic E-state index is 12.9. The van der Waals surface area contributed by atoms with E-state index in [0.717, 1.165) is 68.0 Å². The number of epoxide rings is 1. The molecule has 0 saturated carbocycles. The number of carbonyl (C=O) groups is 2. The van der Waals surface area contributed by atoms with Gasteiger partial charge in [-0.25, -0.2) is 13.9 Å². The Balaban J connectivity index is 1.42. The number of hydrogen-bond acceptors (Lipinski definition) is 16. The molecule has 1 aromatic rings. The van der Waals surface area contributed by atoms with Crippen molar-refractivity contribution in [2.45, 2.75) is 205 Å². The van der Waals surface area contributed by atoms with E-state index in [-0.39, 0.29) is 30.9 Å². The molecule has 0 spiro atoms. The number of anilines is 1. The van der Waals surface area contributed by atoms with Crippen LogP contribution in [0.25, 0.3) is 0 Å². The molecule has 2 aliphatic heterocycles. The summed E-state index contributed by atoms with van der Waals surface area (Å²) < 4.78 is 62.5. The summed E-state index contributed by atoms with van der Waals surface area (Å²) in [5.41, 5.74) is 4.58. The van der Waals surface area contributed by atoms with Crippen molar-refractivity contribution < 1.29 is 71.0 Å². The van der Waals surface area contributed by atoms with Gasteiger partial charge < -0.3 is 44.7 Å². The Hall–Kier alpha value is -3.06. The van der Waals surface area contributed by atoms with Crippen LogP contribution in [0.15, 0.2) is 53.5 Å². The van der Waals surface area contributed by atoms with Crippen molar-refractivity contribution in [2.24, 2.45) is 5.92 Å². The van der Waals surface area contributed by atoms with E-state index in [4.69, 9.17) is 33.7 Å². The number of rotatable bonds is 39. The smallest absolute Gasteiger partial charge is 0.462 e. The van der Waals surface area contributed by atoms with Crippen molar-refractivity contribution in [1.82, 2.24) is 9.55 Å². The molecule has 19 nitrogen and oxygen atoms in total. The van der Waals surface area contributed by atoms with E-state index in [1.807, 2.05) is 0 Å². The highest BCUT2D eigenvalue weighted by Crippen LogP contribution is 2.60. The van der Waals surface area contributed by atoms with Gasteiger partial charge in [0.15, 0.2) is 12.3 Å². The molecule has 9 atom stereocenters. The molecule has 0 amide bonds. The molecule has 2 fully saturated rings. The molecule has 2 aliphatic rings. The van der Waals surface area contributed by atoms with Crippen molar-refractivity contribution in [3.63, 3.8) is 0 Å². The van der Waals surface area contributed by atoms with Crippen molar-refractivity contribution in [3.05, 3.63) is 59.2 Å². The van der Waals surface area contributed by atoms with Gasteiger partial charge in [-0.3, -0.25) is 23.2 Å². The molecular formula is C48H81N3O16P2. The fourth-order valence-electron chi connectivity index (χ4n) is 7.58. The highest BCUT2D eigenvalue weighted by Gasteiger charge is 2.46. The van der Waals surface area contributed by atoms with Gasteiger partial charge in [0.25, 0.3) is 0 Å². The lowest BCUT2D eigenvalue weighted by Crippen LogP contribution is -2.36. The predicted octanol–water partition coefficient (Wildman–Crippen LogP) is 8.84. The number of ether oxygens (including phenoxy) is 4. The molecule has 394 valence electrons. The van der Waals surface area contributed by atoms with E-state index in [1.165, 1.54) is 63.9 Å². The molecular weight excluding hydrogens is 936 g/mol. The van der Waals surface area contributed by atoms with Gasteiger partial charge in [0.05, 0.1) is 25.4 Å². The number of carbonyl (C=O) groups excluding carboxylic acids is 2. The van der Waals surface area contributed by atoms with Crippen LogP contribution in [0.5, 0.6) is 0 Å².